The molecule has 0 radical (unpaired) electrons. The Morgan fingerprint density at radius 3 is 2.89 bits per heavy atom. The maximum atomic E-state index is 9.39. The van der Waals surface area contributed by atoms with Crippen molar-refractivity contribution in [3.63, 3.8) is 0 Å². The van der Waals surface area contributed by atoms with Gasteiger partial charge in [-0.25, -0.2) is 0 Å². The molecule has 1 heterocycles. The first-order chi connectivity index (χ1) is 9.29. The van der Waals surface area contributed by atoms with Crippen molar-refractivity contribution in [2.45, 2.75) is 31.2 Å². The molecule has 1 saturated heterocycles. The van der Waals surface area contributed by atoms with E-state index >= 15 is 0 Å². The van der Waals surface area contributed by atoms with Crippen LogP contribution in [-0.4, -0.2) is 32.0 Å². The first-order valence-electron chi connectivity index (χ1n) is 7.25. The molecule has 3 rings (SSSR count). The second kappa shape index (κ2) is 5.23. The molecule has 19 heavy (non-hydrogen) atoms. The van der Waals surface area contributed by atoms with Gasteiger partial charge in [0.1, 0.15) is 0 Å². The molecule has 0 aromatic heterocycles. The van der Waals surface area contributed by atoms with Crippen LogP contribution in [0.3, 0.4) is 0 Å². The summed E-state index contributed by atoms with van der Waals surface area (Å²) in [5.41, 5.74) is 3.15. The Morgan fingerprint density at radius 1 is 1.42 bits per heavy atom. The van der Waals surface area contributed by atoms with E-state index in [2.05, 4.69) is 29.6 Å². The minimum atomic E-state index is 0.0457. The van der Waals surface area contributed by atoms with Crippen molar-refractivity contribution in [2.24, 2.45) is 5.41 Å². The van der Waals surface area contributed by atoms with Crippen LogP contribution in [0.25, 0.3) is 0 Å². The Balaban J connectivity index is 1.77. The summed E-state index contributed by atoms with van der Waals surface area (Å²) in [4.78, 5) is 0. The first kappa shape index (κ1) is 13.1. The van der Waals surface area contributed by atoms with Crippen molar-refractivity contribution in [3.8, 4) is 0 Å². The Bertz CT molecular complexity index is 436. The zero-order chi connectivity index (χ0) is 13.3. The lowest BCUT2D eigenvalue weighted by atomic mass is 9.90. The van der Waals surface area contributed by atoms with E-state index in [0.717, 1.165) is 13.2 Å². The summed E-state index contributed by atoms with van der Waals surface area (Å²) in [5.74, 6) is 0.701. The molecule has 3 nitrogen and oxygen atoms in total. The van der Waals surface area contributed by atoms with E-state index in [4.69, 9.17) is 4.74 Å². The Hall–Kier alpha value is -0.900. The molecule has 0 bridgehead atoms. The number of hydrogen-bond donors (Lipinski definition) is 2. The maximum Gasteiger partial charge on any atom is 0.0626 e. The second-order valence-electron chi connectivity index (χ2n) is 5.93. The number of rotatable bonds is 4. The molecular weight excluding hydrogens is 238 g/mol. The Labute approximate surface area is 115 Å². The number of aliphatic hydroxyl groups excluding tert-OH is 1. The van der Waals surface area contributed by atoms with E-state index in [1.165, 1.54) is 30.4 Å². The topological polar surface area (TPSA) is 41.5 Å². The van der Waals surface area contributed by atoms with E-state index in [1.807, 2.05) is 7.05 Å². The van der Waals surface area contributed by atoms with Crippen LogP contribution in [-0.2, 0) is 4.74 Å². The van der Waals surface area contributed by atoms with E-state index in [9.17, 15) is 5.11 Å². The molecule has 2 atom stereocenters. The largest absolute Gasteiger partial charge is 0.394 e. The van der Waals surface area contributed by atoms with Crippen LogP contribution in [0.1, 0.15) is 42.3 Å². The monoisotopic (exact) mass is 261 g/mol. The van der Waals surface area contributed by atoms with Crippen LogP contribution >= 0.6 is 0 Å². The number of ether oxygens (including phenoxy) is 1. The van der Waals surface area contributed by atoms with Crippen molar-refractivity contribution in [3.05, 3.63) is 35.4 Å². The molecule has 1 aromatic carbocycles. The maximum absolute atomic E-state index is 9.39. The van der Waals surface area contributed by atoms with Gasteiger partial charge in [0.05, 0.1) is 12.6 Å². The van der Waals surface area contributed by atoms with Crippen LogP contribution < -0.4 is 5.32 Å². The van der Waals surface area contributed by atoms with Gasteiger partial charge in [0.25, 0.3) is 0 Å². The van der Waals surface area contributed by atoms with E-state index in [1.54, 1.807) is 0 Å². The van der Waals surface area contributed by atoms with Crippen molar-refractivity contribution >= 4 is 0 Å². The highest BCUT2D eigenvalue weighted by Gasteiger charge is 2.54. The first-order valence-corrected chi connectivity index (χ1v) is 7.25. The number of aliphatic hydroxyl groups is 1. The van der Waals surface area contributed by atoms with Gasteiger partial charge in [-0.15, -0.1) is 0 Å². The third kappa shape index (κ3) is 2.42. The SMILES string of the molecule is CNC(CO)c1cccc(C2CC23CCOCC3)c1. The minimum Gasteiger partial charge on any atom is -0.394 e. The lowest BCUT2D eigenvalue weighted by Crippen LogP contribution is -2.20. The Morgan fingerprint density at radius 2 is 2.21 bits per heavy atom. The highest BCUT2D eigenvalue weighted by atomic mass is 16.5. The van der Waals surface area contributed by atoms with Crippen LogP contribution in [0.5, 0.6) is 0 Å². The van der Waals surface area contributed by atoms with Crippen LogP contribution in [0.4, 0.5) is 0 Å². The predicted molar refractivity (Wildman–Crippen MR) is 75.2 cm³/mol. The molecule has 1 aliphatic carbocycles. The van der Waals surface area contributed by atoms with Crippen molar-refractivity contribution < 1.29 is 9.84 Å². The molecule has 2 N–H and O–H groups in total. The van der Waals surface area contributed by atoms with Gasteiger partial charge < -0.3 is 15.2 Å². The zero-order valence-corrected chi connectivity index (χ0v) is 11.6. The summed E-state index contributed by atoms with van der Waals surface area (Å²) >= 11 is 0. The van der Waals surface area contributed by atoms with E-state index in [-0.39, 0.29) is 12.6 Å². The lowest BCUT2D eigenvalue weighted by molar-refractivity contribution is 0.0557. The van der Waals surface area contributed by atoms with Crippen molar-refractivity contribution in [1.82, 2.24) is 5.32 Å². The van der Waals surface area contributed by atoms with Gasteiger partial charge in [0.15, 0.2) is 0 Å². The van der Waals surface area contributed by atoms with Crippen LogP contribution in [0, 0.1) is 5.41 Å². The lowest BCUT2D eigenvalue weighted by Gasteiger charge is -2.23. The smallest absolute Gasteiger partial charge is 0.0626 e. The molecule has 3 heteroatoms. The van der Waals surface area contributed by atoms with E-state index < -0.39 is 0 Å². The quantitative estimate of drug-likeness (QED) is 0.873. The van der Waals surface area contributed by atoms with Gasteiger partial charge in [-0.3, -0.25) is 0 Å². The minimum absolute atomic E-state index is 0.0457. The Kier molecular flexibility index (Phi) is 3.61. The van der Waals surface area contributed by atoms with E-state index in [0.29, 0.717) is 11.3 Å². The van der Waals surface area contributed by atoms with Gasteiger partial charge in [0, 0.05) is 13.2 Å². The zero-order valence-electron chi connectivity index (χ0n) is 11.6. The molecule has 1 aromatic rings. The summed E-state index contributed by atoms with van der Waals surface area (Å²) in [5, 5.41) is 12.5. The fourth-order valence-corrected chi connectivity index (χ4v) is 3.51. The van der Waals surface area contributed by atoms with Crippen molar-refractivity contribution in [1.29, 1.82) is 0 Å². The predicted octanol–water partition coefficient (Wildman–Crippen LogP) is 2.22. The molecule has 2 unspecified atom stereocenters. The van der Waals surface area contributed by atoms with Gasteiger partial charge in [0.2, 0.25) is 0 Å². The molecule has 1 saturated carbocycles. The number of hydrogen-bond acceptors (Lipinski definition) is 3. The highest BCUT2D eigenvalue weighted by Crippen LogP contribution is 2.64. The highest BCUT2D eigenvalue weighted by molar-refractivity contribution is 5.35. The van der Waals surface area contributed by atoms with Gasteiger partial charge in [-0.2, -0.15) is 0 Å². The molecule has 2 fully saturated rings. The third-order valence-corrected chi connectivity index (χ3v) is 4.92. The fraction of sp³-hybridized carbons (Fsp3) is 0.625. The normalized spacial score (nSPS) is 26.3. The number of likely N-dealkylation sites (N-methyl/N-ethyl adjacent to an activating group) is 1. The summed E-state index contributed by atoms with van der Waals surface area (Å²) in [6.07, 6.45) is 3.72. The second-order valence-corrected chi connectivity index (χ2v) is 5.93. The number of benzene rings is 1. The molecule has 0 amide bonds. The van der Waals surface area contributed by atoms with Crippen molar-refractivity contribution in [2.75, 3.05) is 26.9 Å². The van der Waals surface area contributed by atoms with Gasteiger partial charge in [-0.05, 0) is 48.8 Å². The summed E-state index contributed by atoms with van der Waals surface area (Å²) < 4.78 is 5.48. The van der Waals surface area contributed by atoms with Crippen LogP contribution in [0.15, 0.2) is 24.3 Å². The molecular formula is C16H23NO2. The third-order valence-electron chi connectivity index (χ3n) is 4.92. The molecule has 1 spiro atoms. The molecule has 1 aliphatic heterocycles. The summed E-state index contributed by atoms with van der Waals surface area (Å²) in [7, 11) is 1.89. The van der Waals surface area contributed by atoms with Gasteiger partial charge >= 0.3 is 0 Å². The number of nitrogens with one attached hydrogen (secondary N) is 1. The van der Waals surface area contributed by atoms with Gasteiger partial charge in [-0.1, -0.05) is 24.3 Å². The fourth-order valence-electron chi connectivity index (χ4n) is 3.51. The van der Waals surface area contributed by atoms with Crippen LogP contribution in [0.2, 0.25) is 0 Å². The average molecular weight is 261 g/mol. The average Bonchev–Trinajstić information content (AvgIpc) is 3.15. The molecule has 104 valence electrons. The summed E-state index contributed by atoms with van der Waals surface area (Å²) in [6, 6.07) is 8.77. The standard InChI is InChI=1S/C16H23NO2/c1-17-15(11-18)13-4-2-3-12(9-13)14-10-16(14)5-7-19-8-6-16/h2-4,9,14-15,17-18H,5-8,10-11H2,1H3. The molecule has 2 aliphatic rings. The summed E-state index contributed by atoms with van der Waals surface area (Å²) in [6.45, 7) is 1.99.